The summed E-state index contributed by atoms with van der Waals surface area (Å²) >= 11 is 1.63. The smallest absolute Gasteiger partial charge is 0.137 e. The molecule has 1 N–H and O–H groups in total. The van der Waals surface area contributed by atoms with Crippen molar-refractivity contribution >= 4 is 11.8 Å². The quantitative estimate of drug-likeness (QED) is 0.790. The van der Waals surface area contributed by atoms with E-state index in [0.717, 1.165) is 10.5 Å². The molecule has 1 rings (SSSR count). The maximum atomic E-state index is 13.9. The summed E-state index contributed by atoms with van der Waals surface area (Å²) in [5.74, 6) is 0.430. The second kappa shape index (κ2) is 6.41. The Balaban J connectivity index is 3.03. The highest BCUT2D eigenvalue weighted by Crippen LogP contribution is 2.35. The summed E-state index contributed by atoms with van der Waals surface area (Å²) in [5.41, 5.74) is 1.05. The summed E-state index contributed by atoms with van der Waals surface area (Å²) in [7, 11) is 1.90. The lowest BCUT2D eigenvalue weighted by molar-refractivity contribution is 0.572. The molecule has 1 nitrogen and oxygen atoms in total. The van der Waals surface area contributed by atoms with E-state index in [2.05, 4.69) is 33.0 Å². The van der Waals surface area contributed by atoms with E-state index in [9.17, 15) is 4.39 Å². The minimum Gasteiger partial charge on any atom is -0.313 e. The van der Waals surface area contributed by atoms with Crippen LogP contribution in [-0.4, -0.2) is 12.3 Å². The van der Waals surface area contributed by atoms with Crippen LogP contribution in [0.1, 0.15) is 39.3 Å². The van der Waals surface area contributed by atoms with Crippen molar-refractivity contribution in [2.75, 3.05) is 7.05 Å². The molecule has 0 radical (unpaired) electrons. The monoisotopic (exact) mass is 255 g/mol. The highest BCUT2D eigenvalue weighted by atomic mass is 32.2. The van der Waals surface area contributed by atoms with Crippen molar-refractivity contribution in [3.05, 3.63) is 29.6 Å². The number of thioether (sulfide) groups is 1. The van der Waals surface area contributed by atoms with Crippen LogP contribution in [0.5, 0.6) is 0 Å². The first-order chi connectivity index (χ1) is 7.97. The second-order valence-corrected chi connectivity index (χ2v) is 6.12. The standard InChI is InChI=1S/C14H22FNS/c1-9(2)11(4)17-14-12(10(3)16-5)7-6-8-13(14)15/h6-11,16H,1-5H3. The number of halogens is 1. The van der Waals surface area contributed by atoms with E-state index in [4.69, 9.17) is 0 Å². The minimum atomic E-state index is -0.109. The van der Waals surface area contributed by atoms with E-state index in [-0.39, 0.29) is 11.9 Å². The van der Waals surface area contributed by atoms with Crippen molar-refractivity contribution in [1.29, 1.82) is 0 Å². The molecule has 17 heavy (non-hydrogen) atoms. The van der Waals surface area contributed by atoms with Crippen molar-refractivity contribution in [2.45, 2.75) is 43.9 Å². The van der Waals surface area contributed by atoms with E-state index in [1.165, 1.54) is 0 Å². The van der Waals surface area contributed by atoms with E-state index < -0.39 is 0 Å². The third kappa shape index (κ3) is 3.71. The van der Waals surface area contributed by atoms with Gasteiger partial charge < -0.3 is 5.32 Å². The lowest BCUT2D eigenvalue weighted by Crippen LogP contribution is -2.15. The molecule has 0 heterocycles. The number of nitrogens with one attached hydrogen (secondary N) is 1. The molecule has 0 aliphatic heterocycles. The van der Waals surface area contributed by atoms with Crippen molar-refractivity contribution in [2.24, 2.45) is 5.92 Å². The predicted octanol–water partition coefficient (Wildman–Crippen LogP) is 4.24. The van der Waals surface area contributed by atoms with Gasteiger partial charge in [0.1, 0.15) is 5.82 Å². The van der Waals surface area contributed by atoms with Gasteiger partial charge in [0, 0.05) is 16.2 Å². The molecule has 1 aromatic rings. The Morgan fingerprint density at radius 3 is 2.35 bits per heavy atom. The second-order valence-electron chi connectivity index (χ2n) is 4.74. The first kappa shape index (κ1) is 14.5. The Morgan fingerprint density at radius 1 is 1.18 bits per heavy atom. The van der Waals surface area contributed by atoms with E-state index in [0.29, 0.717) is 11.2 Å². The van der Waals surface area contributed by atoms with Crippen LogP contribution >= 0.6 is 11.8 Å². The summed E-state index contributed by atoms with van der Waals surface area (Å²) in [5, 5.41) is 3.58. The zero-order valence-corrected chi connectivity index (χ0v) is 12.1. The zero-order chi connectivity index (χ0) is 13.0. The maximum Gasteiger partial charge on any atom is 0.137 e. The molecule has 0 amide bonds. The van der Waals surface area contributed by atoms with Crippen LogP contribution in [0, 0.1) is 11.7 Å². The van der Waals surface area contributed by atoms with E-state index >= 15 is 0 Å². The lowest BCUT2D eigenvalue weighted by atomic mass is 10.1. The van der Waals surface area contributed by atoms with Crippen molar-refractivity contribution in [1.82, 2.24) is 5.32 Å². The molecule has 2 atom stereocenters. The van der Waals surface area contributed by atoms with E-state index in [1.54, 1.807) is 23.9 Å². The highest BCUT2D eigenvalue weighted by Gasteiger charge is 2.17. The van der Waals surface area contributed by atoms with Gasteiger partial charge >= 0.3 is 0 Å². The van der Waals surface area contributed by atoms with Crippen LogP contribution in [0.15, 0.2) is 23.1 Å². The largest absolute Gasteiger partial charge is 0.313 e. The van der Waals surface area contributed by atoms with Gasteiger partial charge in [-0.15, -0.1) is 11.8 Å². The Morgan fingerprint density at radius 2 is 1.82 bits per heavy atom. The highest BCUT2D eigenvalue weighted by molar-refractivity contribution is 8.00. The van der Waals surface area contributed by atoms with Gasteiger partial charge in [0.05, 0.1) is 0 Å². The molecule has 0 spiro atoms. The molecular weight excluding hydrogens is 233 g/mol. The van der Waals surface area contributed by atoms with Gasteiger partial charge in [0.25, 0.3) is 0 Å². The first-order valence-corrected chi connectivity index (χ1v) is 6.97. The summed E-state index contributed by atoms with van der Waals surface area (Å²) < 4.78 is 13.9. The molecule has 3 heteroatoms. The molecule has 0 fully saturated rings. The number of rotatable bonds is 5. The van der Waals surface area contributed by atoms with Crippen LogP contribution in [-0.2, 0) is 0 Å². The Labute approximate surface area is 108 Å². The average molecular weight is 255 g/mol. The fraction of sp³-hybridized carbons (Fsp3) is 0.571. The zero-order valence-electron chi connectivity index (χ0n) is 11.3. The molecule has 0 saturated carbocycles. The third-order valence-electron chi connectivity index (χ3n) is 3.14. The molecule has 96 valence electrons. The maximum absolute atomic E-state index is 13.9. The van der Waals surface area contributed by atoms with Crippen molar-refractivity contribution < 1.29 is 4.39 Å². The fourth-order valence-corrected chi connectivity index (χ4v) is 2.67. The van der Waals surface area contributed by atoms with Gasteiger partial charge in [-0.25, -0.2) is 4.39 Å². The normalized spacial score (nSPS) is 15.0. The van der Waals surface area contributed by atoms with Gasteiger partial charge in [-0.1, -0.05) is 32.9 Å². The van der Waals surface area contributed by atoms with Crippen molar-refractivity contribution in [3.8, 4) is 0 Å². The van der Waals surface area contributed by atoms with E-state index in [1.807, 2.05) is 13.1 Å². The molecular formula is C14H22FNS. The van der Waals surface area contributed by atoms with Gasteiger partial charge in [0.2, 0.25) is 0 Å². The number of benzene rings is 1. The predicted molar refractivity (Wildman–Crippen MR) is 74.0 cm³/mol. The van der Waals surface area contributed by atoms with Crippen LogP contribution in [0.3, 0.4) is 0 Å². The van der Waals surface area contributed by atoms with Gasteiger partial charge in [0.15, 0.2) is 0 Å². The van der Waals surface area contributed by atoms with Gasteiger partial charge in [-0.2, -0.15) is 0 Å². The van der Waals surface area contributed by atoms with Crippen LogP contribution < -0.4 is 5.32 Å². The average Bonchev–Trinajstić information content (AvgIpc) is 2.30. The molecule has 0 bridgehead atoms. The Kier molecular flexibility index (Phi) is 5.47. The summed E-state index contributed by atoms with van der Waals surface area (Å²) in [6, 6.07) is 5.50. The van der Waals surface area contributed by atoms with Gasteiger partial charge in [-0.05, 0) is 31.5 Å². The summed E-state index contributed by atoms with van der Waals surface area (Å²) in [6.07, 6.45) is 0. The summed E-state index contributed by atoms with van der Waals surface area (Å²) in [4.78, 5) is 0.788. The molecule has 1 aromatic carbocycles. The van der Waals surface area contributed by atoms with Crippen LogP contribution in [0.2, 0.25) is 0 Å². The topological polar surface area (TPSA) is 12.0 Å². The van der Waals surface area contributed by atoms with Gasteiger partial charge in [-0.3, -0.25) is 0 Å². The Bertz CT molecular complexity index is 365. The third-order valence-corrected chi connectivity index (χ3v) is 4.72. The summed E-state index contributed by atoms with van der Waals surface area (Å²) in [6.45, 7) is 8.54. The minimum absolute atomic E-state index is 0.109. The lowest BCUT2D eigenvalue weighted by Gasteiger charge is -2.20. The van der Waals surface area contributed by atoms with Crippen LogP contribution in [0.4, 0.5) is 4.39 Å². The van der Waals surface area contributed by atoms with Crippen molar-refractivity contribution in [3.63, 3.8) is 0 Å². The first-order valence-electron chi connectivity index (χ1n) is 6.09. The SMILES string of the molecule is CNC(C)c1cccc(F)c1SC(C)C(C)C. The molecule has 2 unspecified atom stereocenters. The molecule has 0 aromatic heterocycles. The number of hydrogen-bond acceptors (Lipinski definition) is 2. The van der Waals surface area contributed by atoms with Crippen LogP contribution in [0.25, 0.3) is 0 Å². The molecule has 0 saturated heterocycles. The molecule has 0 aliphatic rings. The molecule has 0 aliphatic carbocycles. The Hall–Kier alpha value is -0.540. The number of hydrogen-bond donors (Lipinski definition) is 1. The fourth-order valence-electron chi connectivity index (χ4n) is 1.47.